The third-order valence-corrected chi connectivity index (χ3v) is 4.39. The van der Waals surface area contributed by atoms with Crippen LogP contribution in [-0.4, -0.2) is 53.2 Å². The predicted molar refractivity (Wildman–Crippen MR) is 71.0 cm³/mol. The van der Waals surface area contributed by atoms with Crippen molar-refractivity contribution in [3.8, 4) is 0 Å². The van der Waals surface area contributed by atoms with Crippen molar-refractivity contribution in [2.45, 2.75) is 63.2 Å². The quantitative estimate of drug-likeness (QED) is 0.707. The minimum atomic E-state index is -1.02. The van der Waals surface area contributed by atoms with E-state index in [4.69, 9.17) is 5.11 Å². The van der Waals surface area contributed by atoms with E-state index in [0.717, 1.165) is 12.8 Å². The van der Waals surface area contributed by atoms with Crippen LogP contribution >= 0.6 is 0 Å². The molecule has 2 aliphatic rings. The number of piperidine rings is 2. The summed E-state index contributed by atoms with van der Waals surface area (Å²) in [6.45, 7) is 1.46. The summed E-state index contributed by atoms with van der Waals surface area (Å²) in [4.78, 5) is 24.8. The number of aliphatic carboxylic acids is 1. The van der Waals surface area contributed by atoms with Crippen molar-refractivity contribution in [1.29, 1.82) is 0 Å². The van der Waals surface area contributed by atoms with Crippen LogP contribution in [0.25, 0.3) is 0 Å². The highest BCUT2D eigenvalue weighted by Crippen LogP contribution is 2.32. The Morgan fingerprint density at radius 2 is 1.84 bits per heavy atom. The smallest absolute Gasteiger partial charge is 0.325 e. The van der Waals surface area contributed by atoms with Crippen molar-refractivity contribution in [2.24, 2.45) is 0 Å². The van der Waals surface area contributed by atoms with Crippen LogP contribution in [0.4, 0.5) is 4.79 Å². The Morgan fingerprint density at radius 1 is 1.26 bits per heavy atom. The zero-order valence-corrected chi connectivity index (χ0v) is 11.6. The molecule has 0 aliphatic carbocycles. The lowest BCUT2D eigenvalue weighted by molar-refractivity contribution is -0.138. The third kappa shape index (κ3) is 3.37. The summed E-state index contributed by atoms with van der Waals surface area (Å²) in [6.07, 6.45) is 5.58. The highest BCUT2D eigenvalue weighted by molar-refractivity contribution is 5.82. The number of amides is 2. The van der Waals surface area contributed by atoms with E-state index in [1.807, 2.05) is 0 Å². The molecular formula is C13H23N3O3. The summed E-state index contributed by atoms with van der Waals surface area (Å²) in [7, 11) is 2.16. The van der Waals surface area contributed by atoms with Crippen LogP contribution in [0.15, 0.2) is 0 Å². The second-order valence-electron chi connectivity index (χ2n) is 5.75. The average Bonchev–Trinajstić information content (AvgIpc) is 2.30. The van der Waals surface area contributed by atoms with E-state index in [9.17, 15) is 9.59 Å². The number of carboxylic acid groups (broad SMARTS) is 1. The summed E-state index contributed by atoms with van der Waals surface area (Å²) < 4.78 is 0. The summed E-state index contributed by atoms with van der Waals surface area (Å²) in [5, 5.41) is 14.1. The van der Waals surface area contributed by atoms with Gasteiger partial charge in [0.15, 0.2) is 0 Å². The first-order chi connectivity index (χ1) is 8.97. The Morgan fingerprint density at radius 3 is 2.37 bits per heavy atom. The molecule has 0 aromatic carbocycles. The normalized spacial score (nSPS) is 32.4. The van der Waals surface area contributed by atoms with Gasteiger partial charge >= 0.3 is 12.0 Å². The van der Waals surface area contributed by atoms with Gasteiger partial charge in [0.2, 0.25) is 0 Å². The number of hydrogen-bond acceptors (Lipinski definition) is 3. The fourth-order valence-electron chi connectivity index (χ4n) is 3.22. The lowest BCUT2D eigenvalue weighted by atomic mass is 9.82. The summed E-state index contributed by atoms with van der Waals surface area (Å²) >= 11 is 0. The maximum Gasteiger partial charge on any atom is 0.325 e. The monoisotopic (exact) mass is 269 g/mol. The van der Waals surface area contributed by atoms with Gasteiger partial charge in [-0.15, -0.1) is 0 Å². The molecule has 6 nitrogen and oxygen atoms in total. The Kier molecular flexibility index (Phi) is 4.29. The molecule has 2 fully saturated rings. The van der Waals surface area contributed by atoms with Gasteiger partial charge in [0.1, 0.15) is 6.04 Å². The summed E-state index contributed by atoms with van der Waals surface area (Å²) in [5.41, 5.74) is 0. The largest absolute Gasteiger partial charge is 0.480 e. The third-order valence-electron chi connectivity index (χ3n) is 4.39. The molecule has 19 heavy (non-hydrogen) atoms. The number of carboxylic acids is 1. The minimum absolute atomic E-state index is 0.160. The maximum atomic E-state index is 11.7. The van der Waals surface area contributed by atoms with Gasteiger partial charge in [-0.2, -0.15) is 0 Å². The first-order valence-electron chi connectivity index (χ1n) is 6.99. The number of fused-ring (bicyclic) bond motifs is 2. The molecule has 2 rings (SSSR count). The average molecular weight is 269 g/mol. The Labute approximate surface area is 113 Å². The van der Waals surface area contributed by atoms with Crippen LogP contribution in [0, 0.1) is 0 Å². The second-order valence-corrected chi connectivity index (χ2v) is 5.75. The predicted octanol–water partition coefficient (Wildman–Crippen LogP) is 0.774. The molecule has 6 heteroatoms. The van der Waals surface area contributed by atoms with Gasteiger partial charge in [0.05, 0.1) is 0 Å². The van der Waals surface area contributed by atoms with Crippen LogP contribution in [0.1, 0.15) is 39.0 Å². The molecule has 2 bridgehead atoms. The van der Waals surface area contributed by atoms with Gasteiger partial charge < -0.3 is 20.6 Å². The number of nitrogens with one attached hydrogen (secondary N) is 2. The van der Waals surface area contributed by atoms with Crippen molar-refractivity contribution in [3.63, 3.8) is 0 Å². The molecule has 2 heterocycles. The fraction of sp³-hybridized carbons (Fsp3) is 0.846. The van der Waals surface area contributed by atoms with Crippen molar-refractivity contribution in [3.05, 3.63) is 0 Å². The van der Waals surface area contributed by atoms with Gasteiger partial charge in [0, 0.05) is 18.1 Å². The first kappa shape index (κ1) is 14.1. The molecular weight excluding hydrogens is 246 g/mol. The lowest BCUT2D eigenvalue weighted by Gasteiger charge is -2.47. The number of hydrogen-bond donors (Lipinski definition) is 3. The molecule has 0 saturated carbocycles. The van der Waals surface area contributed by atoms with Gasteiger partial charge in [-0.1, -0.05) is 6.42 Å². The van der Waals surface area contributed by atoms with Gasteiger partial charge in [-0.25, -0.2) is 4.79 Å². The standard InChI is InChI=1S/C13H23N3O3/c1-8(12(17)18)14-13(19)15-9-6-10-4-3-5-11(7-9)16(10)2/h8-11H,3-7H2,1-2H3,(H,17,18)(H2,14,15,19)/t8-,9?,10?,11?/m1/s1. The molecule has 2 aliphatic heterocycles. The highest BCUT2D eigenvalue weighted by atomic mass is 16.4. The van der Waals surface area contributed by atoms with E-state index in [2.05, 4.69) is 22.6 Å². The van der Waals surface area contributed by atoms with Crippen molar-refractivity contribution < 1.29 is 14.7 Å². The highest BCUT2D eigenvalue weighted by Gasteiger charge is 2.36. The van der Waals surface area contributed by atoms with E-state index in [-0.39, 0.29) is 12.1 Å². The van der Waals surface area contributed by atoms with Gasteiger partial charge in [0.25, 0.3) is 0 Å². The van der Waals surface area contributed by atoms with E-state index in [1.54, 1.807) is 0 Å². The molecule has 2 saturated heterocycles. The number of nitrogens with zero attached hydrogens (tertiary/aromatic N) is 1. The van der Waals surface area contributed by atoms with Crippen LogP contribution in [0.3, 0.4) is 0 Å². The van der Waals surface area contributed by atoms with Crippen molar-refractivity contribution >= 4 is 12.0 Å². The number of rotatable bonds is 3. The molecule has 0 aromatic heterocycles. The van der Waals surface area contributed by atoms with E-state index in [0.29, 0.717) is 12.1 Å². The fourth-order valence-corrected chi connectivity index (χ4v) is 3.22. The summed E-state index contributed by atoms with van der Waals surface area (Å²) in [6, 6.07) is 0.0326. The SMILES string of the molecule is C[C@@H](NC(=O)NC1CC2CCCC(C1)N2C)C(=O)O. The molecule has 108 valence electrons. The molecule has 2 amide bonds. The maximum absolute atomic E-state index is 11.7. The molecule has 3 atom stereocenters. The van der Waals surface area contributed by atoms with Crippen molar-refractivity contribution in [1.82, 2.24) is 15.5 Å². The van der Waals surface area contributed by atoms with Gasteiger partial charge in [-0.05, 0) is 39.7 Å². The minimum Gasteiger partial charge on any atom is -0.480 e. The van der Waals surface area contributed by atoms with Crippen LogP contribution in [0.2, 0.25) is 0 Å². The van der Waals surface area contributed by atoms with E-state index < -0.39 is 12.0 Å². The second kappa shape index (κ2) is 5.77. The Hall–Kier alpha value is -1.30. The number of carbonyl (C=O) groups is 2. The number of urea groups is 1. The molecule has 3 N–H and O–H groups in total. The van der Waals surface area contributed by atoms with E-state index in [1.165, 1.54) is 26.2 Å². The Balaban J connectivity index is 1.83. The lowest BCUT2D eigenvalue weighted by Crippen LogP contribution is -2.57. The van der Waals surface area contributed by atoms with E-state index >= 15 is 0 Å². The zero-order chi connectivity index (χ0) is 14.0. The first-order valence-corrected chi connectivity index (χ1v) is 6.99. The molecule has 2 unspecified atom stereocenters. The van der Waals surface area contributed by atoms with Gasteiger partial charge in [-0.3, -0.25) is 4.79 Å². The molecule has 0 aromatic rings. The van der Waals surface area contributed by atoms with Crippen LogP contribution in [-0.2, 0) is 4.79 Å². The number of carbonyl (C=O) groups excluding carboxylic acids is 1. The Bertz CT molecular complexity index is 347. The molecule has 0 spiro atoms. The molecule has 0 radical (unpaired) electrons. The topological polar surface area (TPSA) is 81.7 Å². The van der Waals surface area contributed by atoms with Crippen molar-refractivity contribution in [2.75, 3.05) is 7.05 Å². The zero-order valence-electron chi connectivity index (χ0n) is 11.6. The summed E-state index contributed by atoms with van der Waals surface area (Å²) in [5.74, 6) is -1.02. The van der Waals surface area contributed by atoms with Crippen LogP contribution in [0.5, 0.6) is 0 Å². The van der Waals surface area contributed by atoms with Crippen LogP contribution < -0.4 is 10.6 Å².